The summed E-state index contributed by atoms with van der Waals surface area (Å²) in [4.78, 5) is 7.03. The Bertz CT molecular complexity index is 742. The van der Waals surface area contributed by atoms with Gasteiger partial charge in [0.1, 0.15) is 5.65 Å². The van der Waals surface area contributed by atoms with Gasteiger partial charge in [-0.3, -0.25) is 4.90 Å². The van der Waals surface area contributed by atoms with E-state index in [9.17, 15) is 0 Å². The highest BCUT2D eigenvalue weighted by molar-refractivity contribution is 5.52. The molecule has 4 nitrogen and oxygen atoms in total. The average Bonchev–Trinajstić information content (AvgIpc) is 3.02. The number of pyridine rings is 1. The Balaban J connectivity index is 1.58. The highest BCUT2D eigenvalue weighted by Gasteiger charge is 2.21. The van der Waals surface area contributed by atoms with Gasteiger partial charge >= 0.3 is 0 Å². The van der Waals surface area contributed by atoms with E-state index in [2.05, 4.69) is 26.5 Å². The van der Waals surface area contributed by atoms with Crippen molar-refractivity contribution in [3.8, 4) is 0 Å². The monoisotopic (exact) mass is 264 g/mol. The van der Waals surface area contributed by atoms with Gasteiger partial charge in [-0.1, -0.05) is 18.2 Å². The number of imidazole rings is 1. The maximum absolute atomic E-state index is 6.04. The maximum Gasteiger partial charge on any atom is 0.137 e. The topological polar surface area (TPSA) is 46.6 Å². The Kier molecular flexibility index (Phi) is 2.50. The van der Waals surface area contributed by atoms with E-state index >= 15 is 0 Å². The number of nitrogens with zero attached hydrogens (tertiary/aromatic N) is 3. The molecule has 100 valence electrons. The SMILES string of the molecule is Nc1cccc2c1CN(Cc1cn3ccccc3n1)C2. The van der Waals surface area contributed by atoms with Crippen LogP contribution < -0.4 is 5.73 Å². The third-order valence-corrected chi connectivity index (χ3v) is 3.88. The molecule has 1 aromatic carbocycles. The summed E-state index contributed by atoms with van der Waals surface area (Å²) in [5.74, 6) is 0. The van der Waals surface area contributed by atoms with Crippen LogP contribution in [0.1, 0.15) is 16.8 Å². The van der Waals surface area contributed by atoms with E-state index in [1.54, 1.807) is 0 Å². The van der Waals surface area contributed by atoms with Crippen molar-refractivity contribution in [2.75, 3.05) is 5.73 Å². The molecule has 0 aliphatic carbocycles. The van der Waals surface area contributed by atoms with Crippen LogP contribution in [0.5, 0.6) is 0 Å². The normalized spacial score (nSPS) is 14.8. The number of aromatic nitrogens is 2. The summed E-state index contributed by atoms with van der Waals surface area (Å²) in [5.41, 5.74) is 11.7. The van der Waals surface area contributed by atoms with E-state index in [1.807, 2.05) is 36.5 Å². The molecule has 0 bridgehead atoms. The number of nitrogens with two attached hydrogens (primary N) is 1. The second kappa shape index (κ2) is 4.35. The van der Waals surface area contributed by atoms with Gasteiger partial charge in [-0.05, 0) is 29.3 Å². The fraction of sp³-hybridized carbons (Fsp3) is 0.188. The van der Waals surface area contributed by atoms with E-state index in [4.69, 9.17) is 5.73 Å². The van der Waals surface area contributed by atoms with Crippen LogP contribution >= 0.6 is 0 Å². The molecule has 2 aromatic heterocycles. The number of nitrogen functional groups attached to an aromatic ring is 1. The van der Waals surface area contributed by atoms with Gasteiger partial charge in [0.2, 0.25) is 0 Å². The quantitative estimate of drug-likeness (QED) is 0.723. The Hall–Kier alpha value is -2.33. The number of hydrogen-bond acceptors (Lipinski definition) is 3. The molecule has 0 atom stereocenters. The summed E-state index contributed by atoms with van der Waals surface area (Å²) in [5, 5.41) is 0. The fourth-order valence-electron chi connectivity index (χ4n) is 2.92. The lowest BCUT2D eigenvalue weighted by Gasteiger charge is -2.12. The maximum atomic E-state index is 6.04. The van der Waals surface area contributed by atoms with Crippen LogP contribution in [0.15, 0.2) is 48.8 Å². The van der Waals surface area contributed by atoms with Crippen molar-refractivity contribution in [2.45, 2.75) is 19.6 Å². The first-order valence-electron chi connectivity index (χ1n) is 6.81. The van der Waals surface area contributed by atoms with Gasteiger partial charge in [0.25, 0.3) is 0 Å². The minimum Gasteiger partial charge on any atom is -0.398 e. The standard InChI is InChI=1S/C16H16N4/c17-15-5-3-4-12-8-19(11-14(12)15)9-13-10-20-7-2-1-6-16(20)18-13/h1-7,10H,8-9,11,17H2. The van der Waals surface area contributed by atoms with E-state index in [-0.39, 0.29) is 0 Å². The van der Waals surface area contributed by atoms with Crippen molar-refractivity contribution in [1.29, 1.82) is 0 Å². The second-order valence-corrected chi connectivity index (χ2v) is 5.33. The predicted octanol–water partition coefficient (Wildman–Crippen LogP) is 2.43. The fourth-order valence-corrected chi connectivity index (χ4v) is 2.92. The van der Waals surface area contributed by atoms with Crippen molar-refractivity contribution in [2.24, 2.45) is 0 Å². The molecule has 0 saturated heterocycles. The molecule has 3 aromatic rings. The molecule has 4 rings (SSSR count). The molecule has 1 aliphatic heterocycles. The number of anilines is 1. The zero-order valence-corrected chi connectivity index (χ0v) is 11.2. The van der Waals surface area contributed by atoms with Crippen molar-refractivity contribution < 1.29 is 0 Å². The van der Waals surface area contributed by atoms with Crippen LogP contribution in [0.25, 0.3) is 5.65 Å². The van der Waals surface area contributed by atoms with Crippen LogP contribution in [0.3, 0.4) is 0 Å². The Morgan fingerprint density at radius 1 is 1.10 bits per heavy atom. The number of rotatable bonds is 2. The lowest BCUT2D eigenvalue weighted by atomic mass is 10.1. The van der Waals surface area contributed by atoms with Crippen LogP contribution in [-0.2, 0) is 19.6 Å². The minimum atomic E-state index is 0.857. The lowest BCUT2D eigenvalue weighted by Crippen LogP contribution is -2.15. The second-order valence-electron chi connectivity index (χ2n) is 5.33. The molecular weight excluding hydrogens is 248 g/mol. The van der Waals surface area contributed by atoms with Crippen molar-refractivity contribution in [3.63, 3.8) is 0 Å². The highest BCUT2D eigenvalue weighted by atomic mass is 15.2. The first kappa shape index (κ1) is 11.5. The van der Waals surface area contributed by atoms with Crippen LogP contribution in [0.4, 0.5) is 5.69 Å². The number of hydrogen-bond donors (Lipinski definition) is 1. The molecule has 0 saturated carbocycles. The van der Waals surface area contributed by atoms with Crippen LogP contribution in [0, 0.1) is 0 Å². The number of benzene rings is 1. The summed E-state index contributed by atoms with van der Waals surface area (Å²) in [6, 6.07) is 12.2. The number of fused-ring (bicyclic) bond motifs is 2. The van der Waals surface area contributed by atoms with Gasteiger partial charge in [0.15, 0.2) is 0 Å². The highest BCUT2D eigenvalue weighted by Crippen LogP contribution is 2.28. The molecule has 0 fully saturated rings. The van der Waals surface area contributed by atoms with E-state index in [0.29, 0.717) is 0 Å². The molecule has 20 heavy (non-hydrogen) atoms. The first-order valence-corrected chi connectivity index (χ1v) is 6.81. The zero-order chi connectivity index (χ0) is 13.5. The smallest absolute Gasteiger partial charge is 0.137 e. The Morgan fingerprint density at radius 3 is 2.90 bits per heavy atom. The van der Waals surface area contributed by atoms with E-state index in [0.717, 1.165) is 36.7 Å². The van der Waals surface area contributed by atoms with Crippen LogP contribution in [-0.4, -0.2) is 14.3 Å². The third-order valence-electron chi connectivity index (χ3n) is 3.88. The van der Waals surface area contributed by atoms with Gasteiger partial charge in [-0.15, -0.1) is 0 Å². The lowest BCUT2D eigenvalue weighted by molar-refractivity contribution is 0.273. The minimum absolute atomic E-state index is 0.857. The summed E-state index contributed by atoms with van der Waals surface area (Å²) in [6.45, 7) is 2.72. The Labute approximate surface area is 117 Å². The molecule has 3 heterocycles. The van der Waals surface area contributed by atoms with Crippen molar-refractivity contribution in [3.05, 3.63) is 65.6 Å². The third kappa shape index (κ3) is 1.85. The predicted molar refractivity (Wildman–Crippen MR) is 79.0 cm³/mol. The van der Waals surface area contributed by atoms with E-state index < -0.39 is 0 Å². The molecule has 1 aliphatic rings. The summed E-state index contributed by atoms with van der Waals surface area (Å²) in [6.07, 6.45) is 4.13. The first-order chi connectivity index (χ1) is 9.79. The Morgan fingerprint density at radius 2 is 2.05 bits per heavy atom. The molecule has 0 unspecified atom stereocenters. The summed E-state index contributed by atoms with van der Waals surface area (Å²) < 4.78 is 2.06. The van der Waals surface area contributed by atoms with Gasteiger partial charge in [-0.2, -0.15) is 0 Å². The van der Waals surface area contributed by atoms with Crippen molar-refractivity contribution in [1.82, 2.24) is 14.3 Å². The average molecular weight is 264 g/mol. The van der Waals surface area contributed by atoms with Crippen LogP contribution in [0.2, 0.25) is 0 Å². The zero-order valence-electron chi connectivity index (χ0n) is 11.2. The molecule has 0 radical (unpaired) electrons. The molecule has 0 spiro atoms. The molecule has 2 N–H and O–H groups in total. The van der Waals surface area contributed by atoms with Gasteiger partial charge in [-0.25, -0.2) is 4.98 Å². The molecule has 4 heteroatoms. The van der Waals surface area contributed by atoms with Crippen molar-refractivity contribution >= 4 is 11.3 Å². The summed E-state index contributed by atoms with van der Waals surface area (Å²) >= 11 is 0. The molecular formula is C16H16N4. The largest absolute Gasteiger partial charge is 0.398 e. The van der Waals surface area contributed by atoms with E-state index in [1.165, 1.54) is 11.1 Å². The van der Waals surface area contributed by atoms with Gasteiger partial charge in [0, 0.05) is 37.7 Å². The summed E-state index contributed by atoms with van der Waals surface area (Å²) in [7, 11) is 0. The molecule has 0 amide bonds. The van der Waals surface area contributed by atoms with Gasteiger partial charge in [0.05, 0.1) is 5.69 Å². The van der Waals surface area contributed by atoms with Gasteiger partial charge < -0.3 is 10.1 Å².